The number of pyridine rings is 1. The van der Waals surface area contributed by atoms with Crippen molar-refractivity contribution in [2.24, 2.45) is 0 Å². The SMILES string of the molecule is CCN(CCC(=O)OC)c1ncc(Br)cc1C. The summed E-state index contributed by atoms with van der Waals surface area (Å²) in [6.07, 6.45) is 2.14. The Bertz CT molecular complexity index is 396. The third kappa shape index (κ3) is 4.00. The first-order chi connectivity index (χ1) is 8.08. The van der Waals surface area contributed by atoms with Crippen molar-refractivity contribution in [3.63, 3.8) is 0 Å². The van der Waals surface area contributed by atoms with Crippen LogP contribution in [0.25, 0.3) is 0 Å². The Morgan fingerprint density at radius 3 is 2.82 bits per heavy atom. The van der Waals surface area contributed by atoms with Crippen LogP contribution in [0.15, 0.2) is 16.7 Å². The zero-order valence-corrected chi connectivity index (χ0v) is 12.0. The first-order valence-corrected chi connectivity index (χ1v) is 6.31. The van der Waals surface area contributed by atoms with Crippen molar-refractivity contribution >= 4 is 27.7 Å². The molecule has 0 saturated carbocycles. The molecule has 0 aliphatic carbocycles. The van der Waals surface area contributed by atoms with Gasteiger partial charge in [0, 0.05) is 23.8 Å². The Morgan fingerprint density at radius 2 is 2.29 bits per heavy atom. The smallest absolute Gasteiger partial charge is 0.307 e. The van der Waals surface area contributed by atoms with E-state index in [4.69, 9.17) is 0 Å². The molecule has 0 fully saturated rings. The van der Waals surface area contributed by atoms with E-state index >= 15 is 0 Å². The van der Waals surface area contributed by atoms with Gasteiger partial charge in [-0.15, -0.1) is 0 Å². The summed E-state index contributed by atoms with van der Waals surface area (Å²) in [5.74, 6) is 0.720. The van der Waals surface area contributed by atoms with Crippen LogP contribution < -0.4 is 4.90 Å². The fraction of sp³-hybridized carbons (Fsp3) is 0.500. The van der Waals surface area contributed by atoms with Crippen LogP contribution in [0.5, 0.6) is 0 Å². The molecule has 1 rings (SSSR count). The molecule has 94 valence electrons. The number of aryl methyl sites for hydroxylation is 1. The lowest BCUT2D eigenvalue weighted by Gasteiger charge is -2.23. The van der Waals surface area contributed by atoms with E-state index in [0.717, 1.165) is 22.4 Å². The predicted molar refractivity (Wildman–Crippen MR) is 71.2 cm³/mol. The highest BCUT2D eigenvalue weighted by Crippen LogP contribution is 2.20. The predicted octanol–water partition coefficient (Wildman–Crippen LogP) is 2.54. The second-order valence-corrected chi connectivity index (χ2v) is 4.62. The summed E-state index contributed by atoms with van der Waals surface area (Å²) in [4.78, 5) is 17.6. The standard InChI is InChI=1S/C12H17BrN2O2/c1-4-15(6-5-11(16)17-3)12-9(2)7-10(13)8-14-12/h7-8H,4-6H2,1-3H3. The average Bonchev–Trinajstić information content (AvgIpc) is 2.31. The van der Waals surface area contributed by atoms with Gasteiger partial charge in [0.05, 0.1) is 13.5 Å². The summed E-state index contributed by atoms with van der Waals surface area (Å²) in [6, 6.07) is 2.02. The molecule has 0 bridgehead atoms. The third-order valence-corrected chi connectivity index (χ3v) is 2.95. The molecule has 5 heteroatoms. The first kappa shape index (κ1) is 14.0. The number of carbonyl (C=O) groups excluding carboxylic acids is 1. The van der Waals surface area contributed by atoms with Crippen molar-refractivity contribution in [3.8, 4) is 0 Å². The van der Waals surface area contributed by atoms with Crippen LogP contribution in [0.3, 0.4) is 0 Å². The molecule has 4 nitrogen and oxygen atoms in total. The number of hydrogen-bond donors (Lipinski definition) is 0. The van der Waals surface area contributed by atoms with E-state index in [2.05, 4.69) is 30.6 Å². The van der Waals surface area contributed by atoms with Gasteiger partial charge in [-0.2, -0.15) is 0 Å². The Hall–Kier alpha value is -1.10. The number of nitrogens with zero attached hydrogens (tertiary/aromatic N) is 2. The molecule has 0 aliphatic rings. The Labute approximate surface area is 110 Å². The summed E-state index contributed by atoms with van der Waals surface area (Å²) >= 11 is 3.39. The van der Waals surface area contributed by atoms with Gasteiger partial charge in [-0.25, -0.2) is 4.98 Å². The third-order valence-electron chi connectivity index (χ3n) is 2.51. The minimum Gasteiger partial charge on any atom is -0.469 e. The molecule has 0 atom stereocenters. The van der Waals surface area contributed by atoms with Gasteiger partial charge in [0.15, 0.2) is 0 Å². The lowest BCUT2D eigenvalue weighted by Crippen LogP contribution is -2.27. The molecular weight excluding hydrogens is 284 g/mol. The number of hydrogen-bond acceptors (Lipinski definition) is 4. The molecular formula is C12H17BrN2O2. The number of ether oxygens (including phenoxy) is 1. The number of aromatic nitrogens is 1. The second-order valence-electron chi connectivity index (χ2n) is 3.70. The molecule has 1 heterocycles. The zero-order chi connectivity index (χ0) is 12.8. The zero-order valence-electron chi connectivity index (χ0n) is 10.4. The van der Waals surface area contributed by atoms with Crippen LogP contribution in [-0.2, 0) is 9.53 Å². The highest BCUT2D eigenvalue weighted by molar-refractivity contribution is 9.10. The molecule has 0 aliphatic heterocycles. The molecule has 0 aromatic carbocycles. The largest absolute Gasteiger partial charge is 0.469 e. The molecule has 0 radical (unpaired) electrons. The van der Waals surface area contributed by atoms with Crippen LogP contribution in [-0.4, -0.2) is 31.2 Å². The second kappa shape index (κ2) is 6.59. The summed E-state index contributed by atoms with van der Waals surface area (Å²) in [5.41, 5.74) is 1.09. The normalized spacial score (nSPS) is 10.1. The fourth-order valence-electron chi connectivity index (χ4n) is 1.61. The summed E-state index contributed by atoms with van der Waals surface area (Å²) in [5, 5.41) is 0. The van der Waals surface area contributed by atoms with Crippen LogP contribution >= 0.6 is 15.9 Å². The lowest BCUT2D eigenvalue weighted by atomic mass is 10.2. The Morgan fingerprint density at radius 1 is 1.59 bits per heavy atom. The molecule has 1 aromatic heterocycles. The molecule has 1 aromatic rings. The minimum atomic E-state index is -0.196. The number of rotatable bonds is 5. The van der Waals surface area contributed by atoms with Crippen LogP contribution in [0.1, 0.15) is 18.9 Å². The van der Waals surface area contributed by atoms with Crippen LogP contribution in [0.2, 0.25) is 0 Å². The van der Waals surface area contributed by atoms with E-state index in [9.17, 15) is 4.79 Å². The van der Waals surface area contributed by atoms with Gasteiger partial charge in [0.25, 0.3) is 0 Å². The van der Waals surface area contributed by atoms with Crippen molar-refractivity contribution < 1.29 is 9.53 Å². The minimum absolute atomic E-state index is 0.196. The van der Waals surface area contributed by atoms with Gasteiger partial charge < -0.3 is 9.64 Å². The molecule has 0 unspecified atom stereocenters. The van der Waals surface area contributed by atoms with Crippen LogP contribution in [0.4, 0.5) is 5.82 Å². The number of esters is 1. The Balaban J connectivity index is 2.75. The van der Waals surface area contributed by atoms with Crippen molar-refractivity contribution in [1.82, 2.24) is 4.98 Å². The van der Waals surface area contributed by atoms with Crippen molar-refractivity contribution in [2.45, 2.75) is 20.3 Å². The highest BCUT2D eigenvalue weighted by Gasteiger charge is 2.11. The van der Waals surface area contributed by atoms with Crippen molar-refractivity contribution in [3.05, 3.63) is 22.3 Å². The molecule has 0 saturated heterocycles. The van der Waals surface area contributed by atoms with E-state index < -0.39 is 0 Å². The lowest BCUT2D eigenvalue weighted by molar-refractivity contribution is -0.140. The van der Waals surface area contributed by atoms with Gasteiger partial charge in [0.1, 0.15) is 5.82 Å². The molecule has 0 N–H and O–H groups in total. The number of methoxy groups -OCH3 is 1. The maximum Gasteiger partial charge on any atom is 0.307 e. The van der Waals surface area contributed by atoms with Crippen LogP contribution in [0, 0.1) is 6.92 Å². The van der Waals surface area contributed by atoms with Crippen molar-refractivity contribution in [2.75, 3.05) is 25.1 Å². The molecule has 0 spiro atoms. The summed E-state index contributed by atoms with van der Waals surface area (Å²) in [6.45, 7) is 5.49. The van der Waals surface area contributed by atoms with Gasteiger partial charge in [-0.05, 0) is 41.4 Å². The van der Waals surface area contributed by atoms with E-state index in [1.807, 2.05) is 19.9 Å². The average molecular weight is 301 g/mol. The topological polar surface area (TPSA) is 42.4 Å². The quantitative estimate of drug-likeness (QED) is 0.784. The van der Waals surface area contributed by atoms with E-state index in [0.29, 0.717) is 13.0 Å². The van der Waals surface area contributed by atoms with E-state index in [-0.39, 0.29) is 5.97 Å². The maximum atomic E-state index is 11.1. The summed E-state index contributed by atoms with van der Waals surface area (Å²) < 4.78 is 5.60. The van der Waals surface area contributed by atoms with Gasteiger partial charge in [-0.3, -0.25) is 4.79 Å². The summed E-state index contributed by atoms with van der Waals surface area (Å²) in [7, 11) is 1.40. The number of anilines is 1. The van der Waals surface area contributed by atoms with Gasteiger partial charge >= 0.3 is 5.97 Å². The van der Waals surface area contributed by atoms with Crippen molar-refractivity contribution in [1.29, 1.82) is 0 Å². The Kier molecular flexibility index (Phi) is 5.41. The van der Waals surface area contributed by atoms with Gasteiger partial charge in [-0.1, -0.05) is 0 Å². The maximum absolute atomic E-state index is 11.1. The van der Waals surface area contributed by atoms with E-state index in [1.165, 1.54) is 7.11 Å². The highest BCUT2D eigenvalue weighted by atomic mass is 79.9. The number of halogens is 1. The molecule has 17 heavy (non-hydrogen) atoms. The fourth-order valence-corrected chi connectivity index (χ4v) is 2.05. The monoisotopic (exact) mass is 300 g/mol. The van der Waals surface area contributed by atoms with E-state index in [1.54, 1.807) is 6.20 Å². The first-order valence-electron chi connectivity index (χ1n) is 5.52. The number of carbonyl (C=O) groups is 1. The molecule has 0 amide bonds. The van der Waals surface area contributed by atoms with Gasteiger partial charge in [0.2, 0.25) is 0 Å².